The smallest absolute Gasteiger partial charge is 0.260 e. The van der Waals surface area contributed by atoms with Crippen molar-refractivity contribution >= 4 is 5.91 Å². The van der Waals surface area contributed by atoms with Crippen molar-refractivity contribution in [2.24, 2.45) is 7.05 Å². The predicted octanol–water partition coefficient (Wildman–Crippen LogP) is 1.64. The van der Waals surface area contributed by atoms with E-state index in [2.05, 4.69) is 4.98 Å². The molecule has 3 heterocycles. The van der Waals surface area contributed by atoms with Gasteiger partial charge in [-0.05, 0) is 24.3 Å². The standard InChI is InChI=1S/C16H19N3O3/c1-18-8-4-6-13(18)14-11-22-10-9-19(14)16(20)12-5-3-7-17-15(12)21-2/h3-8,14H,9-11H2,1-2H3. The summed E-state index contributed by atoms with van der Waals surface area (Å²) in [6, 6.07) is 7.36. The maximum atomic E-state index is 12.9. The molecule has 6 nitrogen and oxygen atoms in total. The first kappa shape index (κ1) is 14.6. The molecule has 116 valence electrons. The zero-order valence-electron chi connectivity index (χ0n) is 12.7. The maximum Gasteiger partial charge on any atom is 0.260 e. The van der Waals surface area contributed by atoms with Crippen molar-refractivity contribution in [3.63, 3.8) is 0 Å². The van der Waals surface area contributed by atoms with Crippen LogP contribution < -0.4 is 4.74 Å². The highest BCUT2D eigenvalue weighted by Gasteiger charge is 2.32. The van der Waals surface area contributed by atoms with Crippen LogP contribution in [-0.4, -0.2) is 47.2 Å². The molecule has 22 heavy (non-hydrogen) atoms. The van der Waals surface area contributed by atoms with Gasteiger partial charge in [-0.3, -0.25) is 4.79 Å². The van der Waals surface area contributed by atoms with E-state index in [9.17, 15) is 4.79 Å². The average molecular weight is 301 g/mol. The van der Waals surface area contributed by atoms with Crippen LogP contribution in [0.15, 0.2) is 36.7 Å². The van der Waals surface area contributed by atoms with Crippen LogP contribution >= 0.6 is 0 Å². The van der Waals surface area contributed by atoms with Crippen LogP contribution in [-0.2, 0) is 11.8 Å². The summed E-state index contributed by atoms with van der Waals surface area (Å²) in [6.45, 7) is 1.58. The fourth-order valence-corrected chi connectivity index (χ4v) is 2.78. The van der Waals surface area contributed by atoms with Crippen LogP contribution in [0.4, 0.5) is 0 Å². The normalized spacial score (nSPS) is 18.3. The summed E-state index contributed by atoms with van der Waals surface area (Å²) in [4.78, 5) is 18.9. The molecule has 2 aromatic heterocycles. The van der Waals surface area contributed by atoms with E-state index in [4.69, 9.17) is 9.47 Å². The number of ether oxygens (including phenoxy) is 2. The molecule has 0 aromatic carbocycles. The fraction of sp³-hybridized carbons (Fsp3) is 0.375. The number of nitrogens with zero attached hydrogens (tertiary/aromatic N) is 3. The first-order valence-electron chi connectivity index (χ1n) is 7.21. The van der Waals surface area contributed by atoms with Crippen LogP contribution in [0, 0.1) is 0 Å². The topological polar surface area (TPSA) is 56.6 Å². The second-order valence-electron chi connectivity index (χ2n) is 5.19. The van der Waals surface area contributed by atoms with Gasteiger partial charge in [-0.2, -0.15) is 0 Å². The lowest BCUT2D eigenvalue weighted by Gasteiger charge is -2.36. The molecular formula is C16H19N3O3. The number of hydrogen-bond acceptors (Lipinski definition) is 4. The Bertz CT molecular complexity index is 668. The number of methoxy groups -OCH3 is 1. The van der Waals surface area contributed by atoms with Crippen molar-refractivity contribution in [2.75, 3.05) is 26.9 Å². The van der Waals surface area contributed by atoms with Gasteiger partial charge in [0.25, 0.3) is 5.91 Å². The van der Waals surface area contributed by atoms with E-state index < -0.39 is 0 Å². The van der Waals surface area contributed by atoms with Crippen molar-refractivity contribution in [2.45, 2.75) is 6.04 Å². The molecule has 0 bridgehead atoms. The summed E-state index contributed by atoms with van der Waals surface area (Å²) in [5.41, 5.74) is 1.53. The lowest BCUT2D eigenvalue weighted by Crippen LogP contribution is -2.44. The SMILES string of the molecule is COc1ncccc1C(=O)N1CCOCC1c1cccn1C. The van der Waals surface area contributed by atoms with Crippen LogP contribution in [0.1, 0.15) is 22.1 Å². The van der Waals surface area contributed by atoms with E-state index in [0.717, 1.165) is 5.69 Å². The summed E-state index contributed by atoms with van der Waals surface area (Å²) in [6.07, 6.45) is 3.58. The van der Waals surface area contributed by atoms with Gasteiger partial charge in [0.1, 0.15) is 5.56 Å². The van der Waals surface area contributed by atoms with Gasteiger partial charge in [0, 0.05) is 31.7 Å². The Morgan fingerprint density at radius 3 is 3.00 bits per heavy atom. The molecule has 1 fully saturated rings. The Kier molecular flexibility index (Phi) is 4.11. The largest absolute Gasteiger partial charge is 0.480 e. The molecule has 1 aliphatic rings. The van der Waals surface area contributed by atoms with E-state index in [1.807, 2.05) is 34.8 Å². The van der Waals surface area contributed by atoms with Crippen molar-refractivity contribution in [1.82, 2.24) is 14.5 Å². The second kappa shape index (κ2) is 6.19. The van der Waals surface area contributed by atoms with Gasteiger partial charge in [-0.1, -0.05) is 0 Å². The average Bonchev–Trinajstić information content (AvgIpc) is 3.00. The Morgan fingerprint density at radius 2 is 2.27 bits per heavy atom. The van der Waals surface area contributed by atoms with Crippen molar-refractivity contribution in [3.05, 3.63) is 47.9 Å². The molecule has 1 atom stereocenters. The molecule has 0 saturated carbocycles. The highest BCUT2D eigenvalue weighted by molar-refractivity contribution is 5.96. The number of amides is 1. The maximum absolute atomic E-state index is 12.9. The molecule has 3 rings (SSSR count). The predicted molar refractivity (Wildman–Crippen MR) is 80.8 cm³/mol. The Labute approximate surface area is 129 Å². The Balaban J connectivity index is 1.94. The lowest BCUT2D eigenvalue weighted by atomic mass is 10.1. The summed E-state index contributed by atoms with van der Waals surface area (Å²) < 4.78 is 12.8. The first-order chi connectivity index (χ1) is 10.7. The third kappa shape index (κ3) is 2.57. The van der Waals surface area contributed by atoms with Gasteiger partial charge in [-0.25, -0.2) is 4.98 Å². The van der Waals surface area contributed by atoms with Crippen LogP contribution in [0.25, 0.3) is 0 Å². The number of carbonyl (C=O) groups is 1. The highest BCUT2D eigenvalue weighted by Crippen LogP contribution is 2.27. The molecule has 0 N–H and O–H groups in total. The Hall–Kier alpha value is -2.34. The summed E-state index contributed by atoms with van der Waals surface area (Å²) in [5, 5.41) is 0. The van der Waals surface area contributed by atoms with Crippen LogP contribution in [0.3, 0.4) is 0 Å². The number of pyridine rings is 1. The molecule has 1 aliphatic heterocycles. The van der Waals surface area contributed by atoms with Gasteiger partial charge in [0.2, 0.25) is 5.88 Å². The quantitative estimate of drug-likeness (QED) is 0.865. The molecule has 0 aliphatic carbocycles. The van der Waals surface area contributed by atoms with Crippen molar-refractivity contribution in [3.8, 4) is 5.88 Å². The van der Waals surface area contributed by atoms with Gasteiger partial charge in [0.05, 0.1) is 26.4 Å². The molecule has 0 spiro atoms. The minimum atomic E-state index is -0.105. The van der Waals surface area contributed by atoms with E-state index >= 15 is 0 Å². The monoisotopic (exact) mass is 301 g/mol. The third-order valence-corrected chi connectivity index (χ3v) is 3.91. The van der Waals surface area contributed by atoms with E-state index in [-0.39, 0.29) is 11.9 Å². The molecule has 2 aromatic rings. The summed E-state index contributed by atoms with van der Waals surface area (Å²) in [7, 11) is 3.49. The zero-order chi connectivity index (χ0) is 15.5. The number of aryl methyl sites for hydroxylation is 1. The zero-order valence-corrected chi connectivity index (χ0v) is 12.7. The number of hydrogen-bond donors (Lipinski definition) is 0. The molecular weight excluding hydrogens is 282 g/mol. The third-order valence-electron chi connectivity index (χ3n) is 3.91. The van der Waals surface area contributed by atoms with Gasteiger partial charge in [-0.15, -0.1) is 0 Å². The Morgan fingerprint density at radius 1 is 1.41 bits per heavy atom. The van der Waals surface area contributed by atoms with Crippen molar-refractivity contribution in [1.29, 1.82) is 0 Å². The highest BCUT2D eigenvalue weighted by atomic mass is 16.5. The van der Waals surface area contributed by atoms with Crippen molar-refractivity contribution < 1.29 is 14.3 Å². The van der Waals surface area contributed by atoms with E-state index in [1.54, 1.807) is 18.3 Å². The van der Waals surface area contributed by atoms with Gasteiger partial charge < -0.3 is 18.9 Å². The summed E-state index contributed by atoms with van der Waals surface area (Å²) in [5.74, 6) is 0.268. The number of carbonyl (C=O) groups excluding carboxylic acids is 1. The minimum absolute atomic E-state index is 0.0838. The lowest BCUT2D eigenvalue weighted by molar-refractivity contribution is -0.00481. The van der Waals surface area contributed by atoms with Gasteiger partial charge >= 0.3 is 0 Å². The van der Waals surface area contributed by atoms with Crippen LogP contribution in [0.2, 0.25) is 0 Å². The van der Waals surface area contributed by atoms with Gasteiger partial charge in [0.15, 0.2) is 0 Å². The molecule has 1 saturated heterocycles. The molecule has 1 unspecified atom stereocenters. The number of rotatable bonds is 3. The number of aromatic nitrogens is 2. The van der Waals surface area contributed by atoms with E-state index in [1.165, 1.54) is 7.11 Å². The summed E-state index contributed by atoms with van der Waals surface area (Å²) >= 11 is 0. The second-order valence-corrected chi connectivity index (χ2v) is 5.19. The first-order valence-corrected chi connectivity index (χ1v) is 7.21. The van der Waals surface area contributed by atoms with Crippen LogP contribution in [0.5, 0.6) is 5.88 Å². The fourth-order valence-electron chi connectivity index (χ4n) is 2.78. The number of morpholine rings is 1. The molecule has 1 amide bonds. The van der Waals surface area contributed by atoms with E-state index in [0.29, 0.717) is 31.2 Å². The molecule has 6 heteroatoms. The minimum Gasteiger partial charge on any atom is -0.480 e. The molecule has 0 radical (unpaired) electrons.